The lowest BCUT2D eigenvalue weighted by atomic mass is 9.86. The molecular weight excluding hydrogens is 180 g/mol. The van der Waals surface area contributed by atoms with E-state index in [1.807, 2.05) is 0 Å². The molecule has 0 spiro atoms. The Balaban J connectivity index is 1.95. The van der Waals surface area contributed by atoms with Crippen molar-refractivity contribution in [1.82, 2.24) is 0 Å². The first-order valence-electron chi connectivity index (χ1n) is 5.66. The average molecular weight is 200 g/mol. The van der Waals surface area contributed by atoms with E-state index in [0.29, 0.717) is 0 Å². The fourth-order valence-corrected chi connectivity index (χ4v) is 1.96. The van der Waals surface area contributed by atoms with E-state index in [0.717, 1.165) is 45.5 Å². The summed E-state index contributed by atoms with van der Waals surface area (Å²) >= 11 is 0. The highest BCUT2D eigenvalue weighted by atomic mass is 16.9. The summed E-state index contributed by atoms with van der Waals surface area (Å²) in [7, 11) is 0. The summed E-state index contributed by atoms with van der Waals surface area (Å²) in [6, 6.07) is 0. The van der Waals surface area contributed by atoms with Crippen molar-refractivity contribution in [2.24, 2.45) is 5.41 Å². The molecule has 14 heavy (non-hydrogen) atoms. The number of hydrogen-bond acceptors (Lipinski definition) is 3. The predicted molar refractivity (Wildman–Crippen MR) is 52.8 cm³/mol. The summed E-state index contributed by atoms with van der Waals surface area (Å²) in [6.07, 6.45) is 4.18. The van der Waals surface area contributed by atoms with Crippen molar-refractivity contribution in [3.63, 3.8) is 0 Å². The smallest absolute Gasteiger partial charge is 0.282 e. The molecule has 0 aliphatic carbocycles. The Morgan fingerprint density at radius 2 is 1.57 bits per heavy atom. The molecule has 3 aliphatic heterocycles. The van der Waals surface area contributed by atoms with Crippen LogP contribution in [0.25, 0.3) is 0 Å². The summed E-state index contributed by atoms with van der Waals surface area (Å²) in [5.74, 6) is -0.688. The van der Waals surface area contributed by atoms with Gasteiger partial charge in [0, 0.05) is 11.8 Å². The van der Waals surface area contributed by atoms with Crippen molar-refractivity contribution < 1.29 is 14.2 Å². The van der Waals surface area contributed by atoms with Gasteiger partial charge in [-0.3, -0.25) is 0 Å². The summed E-state index contributed by atoms with van der Waals surface area (Å²) in [5.41, 5.74) is 0.133. The molecule has 3 saturated heterocycles. The van der Waals surface area contributed by atoms with Crippen LogP contribution in [0.4, 0.5) is 0 Å². The first-order chi connectivity index (χ1) is 6.74. The lowest BCUT2D eigenvalue weighted by molar-refractivity contribution is -0.470. The van der Waals surface area contributed by atoms with E-state index in [1.165, 1.54) is 0 Å². The SMILES string of the molecule is CCCCC12OCC(CC)(CO1)CO2. The summed E-state index contributed by atoms with van der Waals surface area (Å²) in [5, 5.41) is 0. The fraction of sp³-hybridized carbons (Fsp3) is 1.00. The van der Waals surface area contributed by atoms with Crippen LogP contribution in [0.15, 0.2) is 0 Å². The Labute approximate surface area is 85.7 Å². The Bertz CT molecular complexity index is 178. The highest BCUT2D eigenvalue weighted by Gasteiger charge is 2.51. The van der Waals surface area contributed by atoms with Gasteiger partial charge in [-0.25, -0.2) is 0 Å². The van der Waals surface area contributed by atoms with E-state index in [4.69, 9.17) is 14.2 Å². The first kappa shape index (κ1) is 10.4. The summed E-state index contributed by atoms with van der Waals surface area (Å²) < 4.78 is 17.1. The van der Waals surface area contributed by atoms with Gasteiger partial charge in [-0.1, -0.05) is 20.3 Å². The van der Waals surface area contributed by atoms with Crippen molar-refractivity contribution >= 4 is 0 Å². The number of rotatable bonds is 4. The van der Waals surface area contributed by atoms with Gasteiger partial charge in [0.25, 0.3) is 5.97 Å². The molecule has 0 N–H and O–H groups in total. The molecule has 3 fully saturated rings. The van der Waals surface area contributed by atoms with Gasteiger partial charge in [0.15, 0.2) is 0 Å². The monoisotopic (exact) mass is 200 g/mol. The second kappa shape index (κ2) is 3.80. The summed E-state index contributed by atoms with van der Waals surface area (Å²) in [6.45, 7) is 6.73. The Kier molecular flexibility index (Phi) is 2.82. The van der Waals surface area contributed by atoms with Crippen LogP contribution in [-0.2, 0) is 14.2 Å². The van der Waals surface area contributed by atoms with E-state index in [1.54, 1.807) is 0 Å². The molecule has 0 atom stereocenters. The predicted octanol–water partition coefficient (Wildman–Crippen LogP) is 2.30. The largest absolute Gasteiger partial charge is 0.327 e. The van der Waals surface area contributed by atoms with Crippen molar-refractivity contribution in [2.75, 3.05) is 19.8 Å². The molecule has 0 amide bonds. The van der Waals surface area contributed by atoms with Crippen LogP contribution in [0, 0.1) is 5.41 Å². The van der Waals surface area contributed by atoms with Crippen molar-refractivity contribution in [2.45, 2.75) is 45.5 Å². The highest BCUT2D eigenvalue weighted by Crippen LogP contribution is 2.42. The minimum atomic E-state index is -0.688. The first-order valence-corrected chi connectivity index (χ1v) is 5.66. The number of ether oxygens (including phenoxy) is 3. The third kappa shape index (κ3) is 1.69. The molecular formula is C11H20O3. The third-order valence-corrected chi connectivity index (χ3v) is 3.38. The Morgan fingerprint density at radius 1 is 1.00 bits per heavy atom. The number of hydrogen-bond donors (Lipinski definition) is 0. The summed E-state index contributed by atoms with van der Waals surface area (Å²) in [4.78, 5) is 0. The quantitative estimate of drug-likeness (QED) is 0.697. The van der Waals surface area contributed by atoms with E-state index in [2.05, 4.69) is 13.8 Å². The molecule has 0 radical (unpaired) electrons. The highest BCUT2D eigenvalue weighted by molar-refractivity contribution is 4.87. The average Bonchev–Trinajstić information content (AvgIpc) is 2.29. The van der Waals surface area contributed by atoms with Crippen LogP contribution in [0.2, 0.25) is 0 Å². The van der Waals surface area contributed by atoms with Crippen LogP contribution in [-0.4, -0.2) is 25.8 Å². The van der Waals surface area contributed by atoms with Crippen molar-refractivity contribution in [3.05, 3.63) is 0 Å². The molecule has 3 aliphatic rings. The van der Waals surface area contributed by atoms with Gasteiger partial charge in [-0.05, 0) is 12.8 Å². The van der Waals surface area contributed by atoms with Gasteiger partial charge < -0.3 is 14.2 Å². The third-order valence-electron chi connectivity index (χ3n) is 3.38. The lowest BCUT2D eigenvalue weighted by Gasteiger charge is -2.51. The van der Waals surface area contributed by atoms with Gasteiger partial charge in [0.2, 0.25) is 0 Å². The minimum Gasteiger partial charge on any atom is -0.327 e. The number of fused-ring (bicyclic) bond motifs is 3. The van der Waals surface area contributed by atoms with Crippen LogP contribution < -0.4 is 0 Å². The van der Waals surface area contributed by atoms with Gasteiger partial charge in [-0.2, -0.15) is 0 Å². The standard InChI is InChI=1S/C11H20O3/c1-3-5-6-11-12-7-10(4-2,8-13-11)9-14-11/h3-9H2,1-2H3. The van der Waals surface area contributed by atoms with Crippen LogP contribution in [0.1, 0.15) is 39.5 Å². The molecule has 3 rings (SSSR count). The second-order valence-corrected chi connectivity index (χ2v) is 4.51. The van der Waals surface area contributed by atoms with Crippen LogP contribution in [0.3, 0.4) is 0 Å². The van der Waals surface area contributed by atoms with Crippen molar-refractivity contribution in [3.8, 4) is 0 Å². The molecule has 0 saturated carbocycles. The van der Waals surface area contributed by atoms with Gasteiger partial charge in [0.05, 0.1) is 19.8 Å². The van der Waals surface area contributed by atoms with Crippen LogP contribution >= 0.6 is 0 Å². The lowest BCUT2D eigenvalue weighted by Crippen LogP contribution is -2.59. The molecule has 3 heteroatoms. The zero-order valence-corrected chi connectivity index (χ0v) is 9.17. The molecule has 2 bridgehead atoms. The molecule has 3 heterocycles. The minimum absolute atomic E-state index is 0.133. The van der Waals surface area contributed by atoms with E-state index < -0.39 is 5.97 Å². The van der Waals surface area contributed by atoms with E-state index in [-0.39, 0.29) is 5.41 Å². The topological polar surface area (TPSA) is 27.7 Å². The Morgan fingerprint density at radius 3 is 2.00 bits per heavy atom. The van der Waals surface area contributed by atoms with Crippen LogP contribution in [0.5, 0.6) is 0 Å². The van der Waals surface area contributed by atoms with Gasteiger partial charge >= 0.3 is 0 Å². The Hall–Kier alpha value is -0.120. The molecule has 0 aromatic rings. The van der Waals surface area contributed by atoms with E-state index >= 15 is 0 Å². The second-order valence-electron chi connectivity index (χ2n) is 4.51. The fourth-order valence-electron chi connectivity index (χ4n) is 1.96. The van der Waals surface area contributed by atoms with Crippen molar-refractivity contribution in [1.29, 1.82) is 0 Å². The zero-order valence-electron chi connectivity index (χ0n) is 9.17. The maximum atomic E-state index is 5.72. The van der Waals surface area contributed by atoms with E-state index in [9.17, 15) is 0 Å². The maximum absolute atomic E-state index is 5.72. The molecule has 82 valence electrons. The molecule has 3 nitrogen and oxygen atoms in total. The zero-order chi connectivity index (χ0) is 10.1. The van der Waals surface area contributed by atoms with Gasteiger partial charge in [0.1, 0.15) is 0 Å². The molecule has 0 aromatic heterocycles. The van der Waals surface area contributed by atoms with Gasteiger partial charge in [-0.15, -0.1) is 0 Å². The molecule has 0 unspecified atom stereocenters. The maximum Gasteiger partial charge on any atom is 0.282 e. The number of unbranched alkanes of at least 4 members (excludes halogenated alkanes) is 1. The normalized spacial score (nSPS) is 41.6. The molecule has 0 aromatic carbocycles.